The van der Waals surface area contributed by atoms with Crippen LogP contribution in [0.5, 0.6) is 17.2 Å². The number of hydrogen-bond acceptors (Lipinski definition) is 5. The lowest BCUT2D eigenvalue weighted by atomic mass is 10.1. The maximum atomic E-state index is 5.89. The third kappa shape index (κ3) is 4.18. The Bertz CT molecular complexity index is 838. The van der Waals surface area contributed by atoms with Crippen molar-refractivity contribution in [3.05, 3.63) is 42.5 Å². The maximum Gasteiger partial charge on any atom is 0.163 e. The number of ether oxygens (including phenoxy) is 5. The van der Waals surface area contributed by atoms with Gasteiger partial charge in [-0.15, -0.1) is 0 Å². The molecule has 0 amide bonds. The number of H-pyrrole nitrogens is 1. The van der Waals surface area contributed by atoms with Gasteiger partial charge < -0.3 is 28.7 Å². The molecule has 2 aromatic carbocycles. The highest BCUT2D eigenvalue weighted by molar-refractivity contribution is 5.88. The lowest BCUT2D eigenvalue weighted by molar-refractivity contribution is 0.0224. The van der Waals surface area contributed by atoms with E-state index in [1.165, 1.54) is 0 Å². The van der Waals surface area contributed by atoms with Gasteiger partial charge in [0, 0.05) is 22.7 Å². The van der Waals surface area contributed by atoms with Gasteiger partial charge in [0.15, 0.2) is 11.5 Å². The Morgan fingerprint density at radius 2 is 1.41 bits per heavy atom. The number of aromatic amines is 1. The van der Waals surface area contributed by atoms with Crippen LogP contribution >= 0.6 is 0 Å². The topological polar surface area (TPSA) is 61.9 Å². The number of fused-ring (bicyclic) bond motifs is 2. The summed E-state index contributed by atoms with van der Waals surface area (Å²) in [5.41, 5.74) is 3.11. The largest absolute Gasteiger partial charge is 0.497 e. The molecule has 0 bridgehead atoms. The molecule has 0 spiro atoms. The zero-order valence-electron chi connectivity index (χ0n) is 15.3. The van der Waals surface area contributed by atoms with Crippen molar-refractivity contribution in [2.24, 2.45) is 0 Å². The number of methoxy groups -OCH3 is 1. The smallest absolute Gasteiger partial charge is 0.163 e. The predicted octanol–water partition coefficient (Wildman–Crippen LogP) is 3.65. The van der Waals surface area contributed by atoms with Crippen molar-refractivity contribution in [1.29, 1.82) is 0 Å². The van der Waals surface area contributed by atoms with E-state index in [-0.39, 0.29) is 0 Å². The van der Waals surface area contributed by atoms with E-state index in [0.717, 1.165) is 27.9 Å². The average molecular weight is 369 g/mol. The molecule has 3 aromatic rings. The van der Waals surface area contributed by atoms with Gasteiger partial charge in [0.2, 0.25) is 0 Å². The first kappa shape index (κ1) is 17.7. The molecule has 0 unspecified atom stereocenters. The van der Waals surface area contributed by atoms with Crippen molar-refractivity contribution in [1.82, 2.24) is 4.98 Å². The highest BCUT2D eigenvalue weighted by Crippen LogP contribution is 2.35. The van der Waals surface area contributed by atoms with Crippen LogP contribution in [0.15, 0.2) is 42.5 Å². The van der Waals surface area contributed by atoms with Crippen molar-refractivity contribution in [3.63, 3.8) is 0 Å². The van der Waals surface area contributed by atoms with E-state index in [9.17, 15) is 0 Å². The molecule has 0 radical (unpaired) electrons. The van der Waals surface area contributed by atoms with Crippen LogP contribution < -0.4 is 14.2 Å². The zero-order valence-corrected chi connectivity index (χ0v) is 15.3. The molecule has 0 aliphatic carbocycles. The van der Waals surface area contributed by atoms with Crippen LogP contribution in [0.3, 0.4) is 0 Å². The fourth-order valence-corrected chi connectivity index (χ4v) is 3.03. The summed E-state index contributed by atoms with van der Waals surface area (Å²) in [6, 6.07) is 14.0. The van der Waals surface area contributed by atoms with Crippen molar-refractivity contribution in [3.8, 4) is 28.5 Å². The van der Waals surface area contributed by atoms with Crippen molar-refractivity contribution in [2.75, 3.05) is 46.8 Å². The van der Waals surface area contributed by atoms with Crippen molar-refractivity contribution in [2.45, 2.75) is 0 Å². The van der Waals surface area contributed by atoms with E-state index >= 15 is 0 Å². The monoisotopic (exact) mass is 369 g/mol. The summed E-state index contributed by atoms with van der Waals surface area (Å²) in [6.07, 6.45) is 0. The summed E-state index contributed by atoms with van der Waals surface area (Å²) in [6.45, 7) is 3.11. The molecule has 6 nitrogen and oxygen atoms in total. The second-order valence-electron chi connectivity index (χ2n) is 6.22. The lowest BCUT2D eigenvalue weighted by Gasteiger charge is -2.15. The molecule has 1 aromatic heterocycles. The van der Waals surface area contributed by atoms with Crippen LogP contribution in [0, 0.1) is 0 Å². The molecular formula is C21H23NO5. The molecule has 0 saturated heterocycles. The summed E-state index contributed by atoms with van der Waals surface area (Å²) in [4.78, 5) is 3.45. The third-order valence-electron chi connectivity index (χ3n) is 4.43. The SMILES string of the molecule is COc1ccc(-c2cc3cc4c(cc3[nH]2)OCCOCCOCCO4)cc1. The maximum absolute atomic E-state index is 5.89. The fourth-order valence-electron chi connectivity index (χ4n) is 3.03. The normalized spacial score (nSPS) is 15.7. The van der Waals surface area contributed by atoms with Gasteiger partial charge in [0.1, 0.15) is 19.0 Å². The highest BCUT2D eigenvalue weighted by Gasteiger charge is 2.12. The van der Waals surface area contributed by atoms with Crippen LogP contribution in [-0.4, -0.2) is 51.7 Å². The van der Waals surface area contributed by atoms with Crippen molar-refractivity contribution < 1.29 is 23.7 Å². The average Bonchev–Trinajstić information content (AvgIpc) is 3.10. The Hall–Kier alpha value is -2.70. The Morgan fingerprint density at radius 3 is 2.07 bits per heavy atom. The number of benzene rings is 2. The molecule has 6 heteroatoms. The van der Waals surface area contributed by atoms with Crippen molar-refractivity contribution >= 4 is 10.9 Å². The molecule has 27 heavy (non-hydrogen) atoms. The summed E-state index contributed by atoms with van der Waals surface area (Å²) in [5.74, 6) is 2.25. The first-order chi connectivity index (χ1) is 13.3. The lowest BCUT2D eigenvalue weighted by Crippen LogP contribution is -2.15. The molecule has 1 N–H and O–H groups in total. The second-order valence-corrected chi connectivity index (χ2v) is 6.22. The Balaban J connectivity index is 1.64. The predicted molar refractivity (Wildman–Crippen MR) is 103 cm³/mol. The van der Waals surface area contributed by atoms with Gasteiger partial charge in [-0.2, -0.15) is 0 Å². The van der Waals surface area contributed by atoms with Crippen LogP contribution in [0.1, 0.15) is 0 Å². The highest BCUT2D eigenvalue weighted by atomic mass is 16.6. The Labute approximate surface area is 157 Å². The van der Waals surface area contributed by atoms with E-state index in [2.05, 4.69) is 11.1 Å². The fraction of sp³-hybridized carbons (Fsp3) is 0.333. The van der Waals surface area contributed by atoms with Gasteiger partial charge in [-0.1, -0.05) is 0 Å². The van der Waals surface area contributed by atoms with Crippen LogP contribution in [0.2, 0.25) is 0 Å². The summed E-state index contributed by atoms with van der Waals surface area (Å²) >= 11 is 0. The standard InChI is InChI=1S/C21H23NO5/c1-23-17-4-2-15(3-5-17)18-12-16-13-20-21(14-19(16)22-18)27-11-9-25-7-6-24-8-10-26-20/h2-5,12-14,22H,6-11H2,1H3. The number of hydrogen-bond donors (Lipinski definition) is 1. The first-order valence-electron chi connectivity index (χ1n) is 9.06. The number of nitrogens with one attached hydrogen (secondary N) is 1. The molecular weight excluding hydrogens is 346 g/mol. The summed E-state index contributed by atoms with van der Waals surface area (Å²) in [7, 11) is 1.66. The molecule has 142 valence electrons. The molecule has 0 saturated carbocycles. The van der Waals surface area contributed by atoms with Gasteiger partial charge in [-0.25, -0.2) is 0 Å². The van der Waals surface area contributed by atoms with Gasteiger partial charge in [-0.3, -0.25) is 0 Å². The van der Waals surface area contributed by atoms with Gasteiger partial charge in [0.05, 0.1) is 33.5 Å². The van der Waals surface area contributed by atoms with Gasteiger partial charge >= 0.3 is 0 Å². The Morgan fingerprint density at radius 1 is 0.778 bits per heavy atom. The third-order valence-corrected chi connectivity index (χ3v) is 4.43. The quantitative estimate of drug-likeness (QED) is 0.747. The van der Waals surface area contributed by atoms with E-state index in [1.807, 2.05) is 36.4 Å². The van der Waals surface area contributed by atoms with Gasteiger partial charge in [-0.05, 0) is 42.0 Å². The Kier molecular flexibility index (Phi) is 5.46. The van der Waals surface area contributed by atoms with E-state index in [1.54, 1.807) is 7.11 Å². The molecule has 1 aliphatic rings. The molecule has 0 atom stereocenters. The molecule has 4 rings (SSSR count). The minimum absolute atomic E-state index is 0.466. The molecule has 2 heterocycles. The summed E-state index contributed by atoms with van der Waals surface area (Å²) < 4.78 is 28.0. The van der Waals surface area contributed by atoms with Gasteiger partial charge in [0.25, 0.3) is 0 Å². The number of rotatable bonds is 2. The first-order valence-corrected chi connectivity index (χ1v) is 9.06. The van der Waals surface area contributed by atoms with Crippen LogP contribution in [-0.2, 0) is 9.47 Å². The van der Waals surface area contributed by atoms with E-state index < -0.39 is 0 Å². The second kappa shape index (κ2) is 8.33. The molecule has 0 fully saturated rings. The number of aromatic nitrogens is 1. The van der Waals surface area contributed by atoms with Crippen LogP contribution in [0.25, 0.3) is 22.2 Å². The minimum Gasteiger partial charge on any atom is -0.497 e. The minimum atomic E-state index is 0.466. The summed E-state index contributed by atoms with van der Waals surface area (Å²) in [5, 5.41) is 1.06. The van der Waals surface area contributed by atoms with Crippen LogP contribution in [0.4, 0.5) is 0 Å². The molecule has 1 aliphatic heterocycles. The van der Waals surface area contributed by atoms with E-state index in [0.29, 0.717) is 51.1 Å². The van der Waals surface area contributed by atoms with E-state index in [4.69, 9.17) is 23.7 Å². The zero-order chi connectivity index (χ0) is 18.5.